The topological polar surface area (TPSA) is 50.1 Å². The van der Waals surface area contributed by atoms with Gasteiger partial charge in [-0.15, -0.1) is 0 Å². The van der Waals surface area contributed by atoms with Crippen LogP contribution in [0.4, 0.5) is 0 Å². The second-order valence-corrected chi connectivity index (χ2v) is 6.86. The van der Waals surface area contributed by atoms with E-state index in [1.54, 1.807) is 0 Å². The van der Waals surface area contributed by atoms with Crippen LogP contribution >= 0.6 is 0 Å². The van der Waals surface area contributed by atoms with Crippen LogP contribution in [-0.4, -0.2) is 29.7 Å². The molecule has 0 heterocycles. The summed E-state index contributed by atoms with van der Waals surface area (Å²) < 4.78 is 0. The first kappa shape index (κ1) is 14.9. The highest BCUT2D eigenvalue weighted by Gasteiger charge is 2.23. The third kappa shape index (κ3) is 10.2. The van der Waals surface area contributed by atoms with E-state index >= 15 is 0 Å². The van der Waals surface area contributed by atoms with E-state index in [1.165, 1.54) is 0 Å². The Morgan fingerprint density at radius 1 is 0.733 bits per heavy atom. The zero-order chi connectivity index (χ0) is 12.3. The summed E-state index contributed by atoms with van der Waals surface area (Å²) in [5.41, 5.74) is 6.25. The highest BCUT2D eigenvalue weighted by molar-refractivity contribution is 4.89. The highest BCUT2D eigenvalue weighted by Crippen LogP contribution is 2.05. The van der Waals surface area contributed by atoms with E-state index in [1.807, 2.05) is 0 Å². The second kappa shape index (κ2) is 4.81. The fourth-order valence-corrected chi connectivity index (χ4v) is 0.997. The first-order valence-corrected chi connectivity index (χ1v) is 5.70. The molecule has 0 aliphatic carbocycles. The van der Waals surface area contributed by atoms with Gasteiger partial charge in [0, 0.05) is 29.7 Å². The summed E-state index contributed by atoms with van der Waals surface area (Å²) in [7, 11) is 0. The van der Waals surface area contributed by atoms with Gasteiger partial charge < -0.3 is 16.4 Å². The van der Waals surface area contributed by atoms with Crippen molar-refractivity contribution in [1.82, 2.24) is 10.6 Å². The first-order valence-electron chi connectivity index (χ1n) is 5.70. The van der Waals surface area contributed by atoms with E-state index < -0.39 is 0 Å². The number of hydrogen-bond acceptors (Lipinski definition) is 3. The van der Waals surface area contributed by atoms with Gasteiger partial charge in [0.15, 0.2) is 0 Å². The molecule has 0 radical (unpaired) electrons. The van der Waals surface area contributed by atoms with Gasteiger partial charge in [-0.2, -0.15) is 0 Å². The molecule has 0 bridgehead atoms. The van der Waals surface area contributed by atoms with Crippen LogP contribution in [0.1, 0.15) is 48.5 Å². The van der Waals surface area contributed by atoms with E-state index in [9.17, 15) is 0 Å². The number of nitrogens with two attached hydrogens (primary N) is 1. The van der Waals surface area contributed by atoms with Crippen LogP contribution < -0.4 is 16.4 Å². The Bertz CT molecular complexity index is 164. The van der Waals surface area contributed by atoms with Crippen molar-refractivity contribution in [2.45, 2.75) is 65.1 Å². The molecule has 0 aromatic rings. The van der Waals surface area contributed by atoms with Crippen LogP contribution in [0.2, 0.25) is 0 Å². The summed E-state index contributed by atoms with van der Waals surface area (Å²) in [5, 5.41) is 6.87. The molecule has 0 saturated heterocycles. The van der Waals surface area contributed by atoms with Crippen LogP contribution in [0.15, 0.2) is 0 Å². The largest absolute Gasteiger partial charge is 0.323 e. The molecule has 0 aromatic carbocycles. The van der Waals surface area contributed by atoms with E-state index in [0.717, 1.165) is 13.1 Å². The zero-order valence-corrected chi connectivity index (χ0v) is 11.5. The maximum absolute atomic E-state index is 6.21. The van der Waals surface area contributed by atoms with Gasteiger partial charge in [-0.3, -0.25) is 0 Å². The van der Waals surface area contributed by atoms with Crippen LogP contribution in [0.3, 0.4) is 0 Å². The molecule has 0 fully saturated rings. The highest BCUT2D eigenvalue weighted by atomic mass is 15.0. The van der Waals surface area contributed by atoms with Gasteiger partial charge in [0.25, 0.3) is 0 Å². The summed E-state index contributed by atoms with van der Waals surface area (Å²) in [6.07, 6.45) is 0. The van der Waals surface area contributed by atoms with Crippen molar-refractivity contribution < 1.29 is 0 Å². The molecule has 92 valence electrons. The van der Waals surface area contributed by atoms with E-state index in [0.29, 0.717) is 0 Å². The molecule has 0 saturated carbocycles. The Kier molecular flexibility index (Phi) is 4.77. The lowest BCUT2D eigenvalue weighted by Gasteiger charge is -2.33. The lowest BCUT2D eigenvalue weighted by atomic mass is 9.99. The third-order valence-corrected chi connectivity index (χ3v) is 2.05. The normalized spacial score (nSPS) is 14.4. The Morgan fingerprint density at radius 2 is 1.00 bits per heavy atom. The summed E-state index contributed by atoms with van der Waals surface area (Å²) in [5.74, 6) is 0. The summed E-state index contributed by atoms with van der Waals surface area (Å²) >= 11 is 0. The average molecular weight is 215 g/mol. The molecule has 0 spiro atoms. The predicted molar refractivity (Wildman–Crippen MR) is 68.1 cm³/mol. The summed E-state index contributed by atoms with van der Waals surface area (Å²) in [6.45, 7) is 16.6. The van der Waals surface area contributed by atoms with Gasteiger partial charge in [0.1, 0.15) is 0 Å². The van der Waals surface area contributed by atoms with Gasteiger partial charge in [-0.05, 0) is 48.5 Å². The van der Waals surface area contributed by atoms with Crippen LogP contribution in [0.25, 0.3) is 0 Å². The van der Waals surface area contributed by atoms with Crippen molar-refractivity contribution in [3.05, 3.63) is 0 Å². The molecule has 0 atom stereocenters. The molecular weight excluding hydrogens is 186 g/mol. The second-order valence-electron chi connectivity index (χ2n) is 6.86. The maximum atomic E-state index is 6.21. The van der Waals surface area contributed by atoms with E-state index in [-0.39, 0.29) is 16.6 Å². The zero-order valence-electron chi connectivity index (χ0n) is 11.5. The van der Waals surface area contributed by atoms with Gasteiger partial charge in [0.2, 0.25) is 0 Å². The van der Waals surface area contributed by atoms with E-state index in [4.69, 9.17) is 5.73 Å². The molecule has 3 heteroatoms. The van der Waals surface area contributed by atoms with E-state index in [2.05, 4.69) is 59.1 Å². The smallest absolute Gasteiger partial charge is 0.0379 e. The Labute approximate surface area is 95.2 Å². The van der Waals surface area contributed by atoms with Gasteiger partial charge in [-0.25, -0.2) is 0 Å². The van der Waals surface area contributed by atoms with Crippen molar-refractivity contribution in [1.29, 1.82) is 0 Å². The Morgan fingerprint density at radius 3 is 1.20 bits per heavy atom. The number of hydrogen-bond donors (Lipinski definition) is 3. The van der Waals surface area contributed by atoms with Gasteiger partial charge in [-0.1, -0.05) is 0 Å². The SMILES string of the molecule is CC(N)(CNC(C)(C)C)CNC(C)(C)C. The van der Waals surface area contributed by atoms with Crippen LogP contribution in [0, 0.1) is 0 Å². The molecule has 0 rings (SSSR count). The Hall–Kier alpha value is -0.120. The first-order chi connectivity index (χ1) is 6.41. The fourth-order valence-electron chi connectivity index (χ4n) is 0.997. The quantitative estimate of drug-likeness (QED) is 0.666. The standard InChI is InChI=1S/C12H29N3/c1-10(2,3)14-8-12(7,13)9-15-11(4,5)6/h14-15H,8-9,13H2,1-7H3. The monoisotopic (exact) mass is 215 g/mol. The minimum Gasteiger partial charge on any atom is -0.323 e. The number of nitrogens with one attached hydrogen (secondary N) is 2. The summed E-state index contributed by atoms with van der Waals surface area (Å²) in [6, 6.07) is 0. The molecule has 0 aliphatic rings. The molecule has 0 aromatic heterocycles. The predicted octanol–water partition coefficient (Wildman–Crippen LogP) is 1.48. The minimum atomic E-state index is -0.208. The number of rotatable bonds is 4. The van der Waals surface area contributed by atoms with Gasteiger partial charge in [0.05, 0.1) is 0 Å². The molecule has 0 amide bonds. The average Bonchev–Trinajstić information content (AvgIpc) is 1.96. The molecule has 4 N–H and O–H groups in total. The van der Waals surface area contributed by atoms with Gasteiger partial charge >= 0.3 is 0 Å². The third-order valence-electron chi connectivity index (χ3n) is 2.05. The molecule has 0 unspecified atom stereocenters. The van der Waals surface area contributed by atoms with Crippen molar-refractivity contribution in [3.8, 4) is 0 Å². The molecule has 3 nitrogen and oxygen atoms in total. The molecular formula is C12H29N3. The van der Waals surface area contributed by atoms with Crippen molar-refractivity contribution >= 4 is 0 Å². The fraction of sp³-hybridized carbons (Fsp3) is 1.00. The summed E-state index contributed by atoms with van der Waals surface area (Å²) in [4.78, 5) is 0. The van der Waals surface area contributed by atoms with Crippen molar-refractivity contribution in [2.24, 2.45) is 5.73 Å². The minimum absolute atomic E-state index is 0.127. The molecule has 0 aliphatic heterocycles. The lowest BCUT2D eigenvalue weighted by Crippen LogP contribution is -2.58. The van der Waals surface area contributed by atoms with Crippen molar-refractivity contribution in [2.75, 3.05) is 13.1 Å². The van der Waals surface area contributed by atoms with Crippen LogP contribution in [0.5, 0.6) is 0 Å². The maximum Gasteiger partial charge on any atom is 0.0379 e. The van der Waals surface area contributed by atoms with Crippen molar-refractivity contribution in [3.63, 3.8) is 0 Å². The Balaban J connectivity index is 3.98. The molecule has 15 heavy (non-hydrogen) atoms. The lowest BCUT2D eigenvalue weighted by molar-refractivity contribution is 0.306. The van der Waals surface area contributed by atoms with Crippen LogP contribution in [-0.2, 0) is 0 Å².